The minimum Gasteiger partial charge on any atom is -0.380 e. The first-order chi connectivity index (χ1) is 8.94. The predicted molar refractivity (Wildman–Crippen MR) is 79.3 cm³/mol. The summed E-state index contributed by atoms with van der Waals surface area (Å²) in [6.45, 7) is 7.82. The van der Waals surface area contributed by atoms with Gasteiger partial charge in [0.05, 0.1) is 0 Å². The van der Waals surface area contributed by atoms with Crippen LogP contribution in [0.3, 0.4) is 0 Å². The van der Waals surface area contributed by atoms with Crippen molar-refractivity contribution in [1.82, 2.24) is 0 Å². The SMILES string of the molecule is CCCC[C@@](O)(CC)C(=O)Nc1c(C)cccc1C. The molecular weight excluding hydrogens is 238 g/mol. The van der Waals surface area contributed by atoms with Gasteiger partial charge in [0.1, 0.15) is 5.60 Å². The lowest BCUT2D eigenvalue weighted by Gasteiger charge is -2.26. The zero-order valence-electron chi connectivity index (χ0n) is 12.4. The Labute approximate surface area is 116 Å². The van der Waals surface area contributed by atoms with Crippen molar-refractivity contribution in [3.05, 3.63) is 29.3 Å². The van der Waals surface area contributed by atoms with E-state index < -0.39 is 5.60 Å². The van der Waals surface area contributed by atoms with Crippen molar-refractivity contribution in [2.75, 3.05) is 5.32 Å². The van der Waals surface area contributed by atoms with Gasteiger partial charge in [-0.2, -0.15) is 0 Å². The molecule has 3 heteroatoms. The number of unbranched alkanes of at least 4 members (excludes halogenated alkanes) is 1. The lowest BCUT2D eigenvalue weighted by atomic mass is 9.92. The van der Waals surface area contributed by atoms with Gasteiger partial charge in [-0.25, -0.2) is 0 Å². The van der Waals surface area contributed by atoms with Crippen molar-refractivity contribution in [2.24, 2.45) is 0 Å². The number of aliphatic hydroxyl groups is 1. The first-order valence-corrected chi connectivity index (χ1v) is 7.04. The van der Waals surface area contributed by atoms with Crippen molar-refractivity contribution < 1.29 is 9.90 Å². The van der Waals surface area contributed by atoms with Crippen molar-refractivity contribution in [2.45, 2.75) is 59.0 Å². The molecule has 1 atom stereocenters. The fourth-order valence-corrected chi connectivity index (χ4v) is 2.16. The summed E-state index contributed by atoms with van der Waals surface area (Å²) in [5.41, 5.74) is 1.59. The Hall–Kier alpha value is -1.35. The van der Waals surface area contributed by atoms with Gasteiger partial charge in [-0.1, -0.05) is 44.9 Å². The number of hydrogen-bond acceptors (Lipinski definition) is 2. The fourth-order valence-electron chi connectivity index (χ4n) is 2.16. The molecule has 2 N–H and O–H groups in total. The Bertz CT molecular complexity index is 422. The number of hydrogen-bond donors (Lipinski definition) is 2. The molecule has 0 saturated carbocycles. The van der Waals surface area contributed by atoms with Crippen LogP contribution >= 0.6 is 0 Å². The van der Waals surface area contributed by atoms with E-state index in [-0.39, 0.29) is 5.91 Å². The molecule has 1 aromatic rings. The second-order valence-electron chi connectivity index (χ2n) is 5.21. The summed E-state index contributed by atoms with van der Waals surface area (Å²) in [5, 5.41) is 13.3. The van der Waals surface area contributed by atoms with E-state index >= 15 is 0 Å². The zero-order valence-corrected chi connectivity index (χ0v) is 12.4. The van der Waals surface area contributed by atoms with Crippen molar-refractivity contribution in [1.29, 1.82) is 0 Å². The van der Waals surface area contributed by atoms with E-state index in [0.717, 1.165) is 29.7 Å². The number of nitrogens with one attached hydrogen (secondary N) is 1. The van der Waals surface area contributed by atoms with Crippen LogP contribution in [0.1, 0.15) is 50.7 Å². The monoisotopic (exact) mass is 263 g/mol. The maximum Gasteiger partial charge on any atom is 0.256 e. The topological polar surface area (TPSA) is 49.3 Å². The molecule has 0 aliphatic heterocycles. The van der Waals surface area contributed by atoms with E-state index in [9.17, 15) is 9.90 Å². The first kappa shape index (κ1) is 15.7. The quantitative estimate of drug-likeness (QED) is 0.824. The minimum atomic E-state index is -1.26. The zero-order chi connectivity index (χ0) is 14.5. The van der Waals surface area contributed by atoms with E-state index in [2.05, 4.69) is 12.2 Å². The van der Waals surface area contributed by atoms with Crippen LogP contribution in [-0.4, -0.2) is 16.6 Å². The number of carbonyl (C=O) groups is 1. The number of anilines is 1. The highest BCUT2D eigenvalue weighted by molar-refractivity contribution is 5.98. The second-order valence-corrected chi connectivity index (χ2v) is 5.21. The smallest absolute Gasteiger partial charge is 0.256 e. The number of aryl methyl sites for hydroxylation is 2. The number of benzene rings is 1. The predicted octanol–water partition coefficient (Wildman–Crippen LogP) is 3.57. The van der Waals surface area contributed by atoms with Crippen molar-refractivity contribution in [3.63, 3.8) is 0 Å². The maximum absolute atomic E-state index is 12.3. The van der Waals surface area contributed by atoms with E-state index in [1.807, 2.05) is 39.0 Å². The average molecular weight is 263 g/mol. The second kappa shape index (κ2) is 6.71. The summed E-state index contributed by atoms with van der Waals surface area (Å²) in [5.74, 6) is -0.291. The molecule has 0 fully saturated rings. The number of amides is 1. The van der Waals surface area contributed by atoms with Gasteiger partial charge in [-0.05, 0) is 37.8 Å². The molecule has 0 unspecified atom stereocenters. The molecule has 1 aromatic carbocycles. The molecule has 3 nitrogen and oxygen atoms in total. The Morgan fingerprint density at radius 3 is 2.32 bits per heavy atom. The molecule has 106 valence electrons. The van der Waals surface area contributed by atoms with Crippen LogP contribution in [0.25, 0.3) is 0 Å². The lowest BCUT2D eigenvalue weighted by molar-refractivity contribution is -0.135. The summed E-state index contributed by atoms with van der Waals surface area (Å²) >= 11 is 0. The van der Waals surface area contributed by atoms with Crippen LogP contribution in [-0.2, 0) is 4.79 Å². The normalized spacial score (nSPS) is 13.9. The highest BCUT2D eigenvalue weighted by Crippen LogP contribution is 2.24. The number of carbonyl (C=O) groups excluding carboxylic acids is 1. The maximum atomic E-state index is 12.3. The molecule has 0 aliphatic carbocycles. The van der Waals surface area contributed by atoms with E-state index in [1.165, 1.54) is 0 Å². The van der Waals surface area contributed by atoms with E-state index in [4.69, 9.17) is 0 Å². The third-order valence-electron chi connectivity index (χ3n) is 3.67. The van der Waals surface area contributed by atoms with Gasteiger partial charge in [-0.15, -0.1) is 0 Å². The molecule has 0 bridgehead atoms. The summed E-state index contributed by atoms with van der Waals surface area (Å²) < 4.78 is 0. The van der Waals surface area contributed by atoms with Crippen molar-refractivity contribution in [3.8, 4) is 0 Å². The summed E-state index contributed by atoms with van der Waals surface area (Å²) in [4.78, 5) is 12.3. The van der Waals surface area contributed by atoms with Crippen LogP contribution in [0.2, 0.25) is 0 Å². The average Bonchev–Trinajstić information content (AvgIpc) is 2.40. The summed E-state index contributed by atoms with van der Waals surface area (Å²) in [6, 6.07) is 5.88. The fraction of sp³-hybridized carbons (Fsp3) is 0.562. The molecule has 19 heavy (non-hydrogen) atoms. The highest BCUT2D eigenvalue weighted by Gasteiger charge is 2.33. The van der Waals surface area contributed by atoms with Gasteiger partial charge in [-0.3, -0.25) is 4.79 Å². The highest BCUT2D eigenvalue weighted by atomic mass is 16.3. The minimum absolute atomic E-state index is 0.291. The van der Waals surface area contributed by atoms with Crippen LogP contribution in [0, 0.1) is 13.8 Å². The standard InChI is InChI=1S/C16H25NO2/c1-5-7-11-16(19,6-2)15(18)17-14-12(3)9-8-10-13(14)4/h8-10,19H,5-7,11H2,1-4H3,(H,17,18)/t16-/m0/s1. The Kier molecular flexibility index (Phi) is 5.55. The number of para-hydroxylation sites is 1. The van der Waals surface area contributed by atoms with Crippen LogP contribution in [0.5, 0.6) is 0 Å². The van der Waals surface area contributed by atoms with E-state index in [0.29, 0.717) is 12.8 Å². The number of rotatable bonds is 6. The molecule has 0 spiro atoms. The summed E-state index contributed by atoms with van der Waals surface area (Å²) in [6.07, 6.45) is 2.77. The first-order valence-electron chi connectivity index (χ1n) is 7.04. The summed E-state index contributed by atoms with van der Waals surface area (Å²) in [7, 11) is 0. The molecule has 1 amide bonds. The Balaban J connectivity index is 2.88. The Morgan fingerprint density at radius 2 is 1.84 bits per heavy atom. The van der Waals surface area contributed by atoms with E-state index in [1.54, 1.807) is 0 Å². The van der Waals surface area contributed by atoms with Gasteiger partial charge >= 0.3 is 0 Å². The van der Waals surface area contributed by atoms with Gasteiger partial charge in [0, 0.05) is 5.69 Å². The largest absolute Gasteiger partial charge is 0.380 e. The molecule has 1 rings (SSSR count). The third kappa shape index (κ3) is 3.80. The Morgan fingerprint density at radius 1 is 1.26 bits per heavy atom. The molecule has 0 heterocycles. The third-order valence-corrected chi connectivity index (χ3v) is 3.67. The molecular formula is C16H25NO2. The van der Waals surface area contributed by atoms with Gasteiger partial charge in [0.25, 0.3) is 5.91 Å². The van der Waals surface area contributed by atoms with Crippen LogP contribution in [0.4, 0.5) is 5.69 Å². The van der Waals surface area contributed by atoms with Crippen LogP contribution in [0.15, 0.2) is 18.2 Å². The molecule has 0 radical (unpaired) electrons. The molecule has 0 aromatic heterocycles. The molecule has 0 saturated heterocycles. The molecule has 0 aliphatic rings. The van der Waals surface area contributed by atoms with Crippen LogP contribution < -0.4 is 5.32 Å². The van der Waals surface area contributed by atoms with Crippen molar-refractivity contribution >= 4 is 11.6 Å². The lowest BCUT2D eigenvalue weighted by Crippen LogP contribution is -2.42. The van der Waals surface area contributed by atoms with Gasteiger partial charge < -0.3 is 10.4 Å². The van der Waals surface area contributed by atoms with Gasteiger partial charge in [0.2, 0.25) is 0 Å². The van der Waals surface area contributed by atoms with Gasteiger partial charge in [0.15, 0.2) is 0 Å².